The second-order valence-corrected chi connectivity index (χ2v) is 10.1. The third-order valence-corrected chi connectivity index (χ3v) is 8.31. The monoisotopic (exact) mass is 419 g/mol. The van der Waals surface area contributed by atoms with E-state index < -0.39 is 6.10 Å². The van der Waals surface area contributed by atoms with Crippen LogP contribution in [0.3, 0.4) is 0 Å². The Morgan fingerprint density at radius 3 is 2.55 bits per heavy atom. The number of rotatable bonds is 6. The SMILES string of the molecule is CC1(C)[C@H]2CC[C@]1(C)/C(=N/OCC(O)CN1CCN(c3ccccc3Cl)CC1)C2. The minimum atomic E-state index is -0.523. The Kier molecular flexibility index (Phi) is 5.84. The zero-order valence-corrected chi connectivity index (χ0v) is 18.7. The van der Waals surface area contributed by atoms with Crippen LogP contribution in [0.1, 0.15) is 40.0 Å². The number of anilines is 1. The fourth-order valence-corrected chi connectivity index (χ4v) is 5.75. The highest BCUT2D eigenvalue weighted by atomic mass is 35.5. The van der Waals surface area contributed by atoms with Gasteiger partial charge in [-0.05, 0) is 42.7 Å². The summed E-state index contributed by atoms with van der Waals surface area (Å²) in [6, 6.07) is 7.98. The van der Waals surface area contributed by atoms with Gasteiger partial charge in [-0.3, -0.25) is 4.90 Å². The average Bonchev–Trinajstić information content (AvgIpc) is 3.03. The quantitative estimate of drug-likeness (QED) is 0.707. The number of halogens is 1. The standard InChI is InChI=1S/C23H34ClN3O2/c1-22(2)17-8-9-23(22,3)21(14-17)25-29-16-18(28)15-26-10-12-27(13-11-26)20-7-5-4-6-19(20)24/h4-7,17-18,28H,8-16H2,1-3H3/b25-21+/t17-,18?,23+/m0/s1. The third kappa shape index (κ3) is 3.89. The maximum absolute atomic E-state index is 10.4. The van der Waals surface area contributed by atoms with Gasteiger partial charge in [0.05, 0.1) is 16.4 Å². The van der Waals surface area contributed by atoms with E-state index in [2.05, 4.69) is 41.8 Å². The number of aliphatic hydroxyl groups excluding tert-OH is 1. The van der Waals surface area contributed by atoms with Crippen molar-refractivity contribution in [3.8, 4) is 0 Å². The number of piperazine rings is 1. The molecule has 1 aromatic carbocycles. The maximum Gasteiger partial charge on any atom is 0.144 e. The molecule has 2 saturated carbocycles. The first-order chi connectivity index (χ1) is 13.8. The Bertz CT molecular complexity index is 760. The minimum Gasteiger partial charge on any atom is -0.393 e. The van der Waals surface area contributed by atoms with E-state index in [1.807, 2.05) is 18.2 Å². The molecule has 0 spiro atoms. The second-order valence-electron chi connectivity index (χ2n) is 9.72. The largest absolute Gasteiger partial charge is 0.393 e. The highest BCUT2D eigenvalue weighted by Gasteiger charge is 2.60. The lowest BCUT2D eigenvalue weighted by molar-refractivity contribution is 0.0167. The molecular formula is C23H34ClN3O2. The molecule has 1 aliphatic heterocycles. The summed E-state index contributed by atoms with van der Waals surface area (Å²) in [6.07, 6.45) is 3.02. The lowest BCUT2D eigenvalue weighted by Gasteiger charge is -2.37. The van der Waals surface area contributed by atoms with Crippen LogP contribution in [0.15, 0.2) is 29.4 Å². The lowest BCUT2D eigenvalue weighted by Crippen LogP contribution is -2.49. The molecule has 3 aliphatic rings. The summed E-state index contributed by atoms with van der Waals surface area (Å²) >= 11 is 6.32. The van der Waals surface area contributed by atoms with Crippen LogP contribution in [0.25, 0.3) is 0 Å². The summed E-state index contributed by atoms with van der Waals surface area (Å²) < 4.78 is 0. The molecule has 2 aliphatic carbocycles. The summed E-state index contributed by atoms with van der Waals surface area (Å²) in [4.78, 5) is 10.2. The number of oxime groups is 1. The summed E-state index contributed by atoms with van der Waals surface area (Å²) in [5.41, 5.74) is 2.74. The summed E-state index contributed by atoms with van der Waals surface area (Å²) in [7, 11) is 0. The molecule has 4 rings (SSSR count). The Morgan fingerprint density at radius 2 is 1.93 bits per heavy atom. The van der Waals surface area contributed by atoms with E-state index in [0.29, 0.717) is 17.9 Å². The van der Waals surface area contributed by atoms with Gasteiger partial charge in [0.1, 0.15) is 12.7 Å². The van der Waals surface area contributed by atoms with Crippen molar-refractivity contribution in [1.29, 1.82) is 0 Å². The molecular weight excluding hydrogens is 386 g/mol. The van der Waals surface area contributed by atoms with Crippen molar-refractivity contribution < 1.29 is 9.94 Å². The van der Waals surface area contributed by atoms with E-state index >= 15 is 0 Å². The van der Waals surface area contributed by atoms with Gasteiger partial charge in [0.25, 0.3) is 0 Å². The fourth-order valence-electron chi connectivity index (χ4n) is 5.50. The first kappa shape index (κ1) is 21.0. The first-order valence-electron chi connectivity index (χ1n) is 10.9. The van der Waals surface area contributed by atoms with Crippen LogP contribution in [0.2, 0.25) is 5.02 Å². The number of fused-ring (bicyclic) bond motifs is 2. The van der Waals surface area contributed by atoms with Gasteiger partial charge in [-0.15, -0.1) is 0 Å². The molecule has 0 aromatic heterocycles. The number of para-hydroxylation sites is 1. The van der Waals surface area contributed by atoms with Crippen LogP contribution in [0.5, 0.6) is 0 Å². The van der Waals surface area contributed by atoms with Crippen LogP contribution in [-0.2, 0) is 4.84 Å². The van der Waals surface area contributed by atoms with Gasteiger partial charge in [0.2, 0.25) is 0 Å². The zero-order chi connectivity index (χ0) is 20.6. The fraction of sp³-hybridized carbons (Fsp3) is 0.696. The van der Waals surface area contributed by atoms with Crippen molar-refractivity contribution in [2.75, 3.05) is 44.2 Å². The first-order valence-corrected chi connectivity index (χ1v) is 11.3. The van der Waals surface area contributed by atoms with Crippen molar-refractivity contribution in [2.45, 2.75) is 46.1 Å². The van der Waals surface area contributed by atoms with Crippen LogP contribution in [-0.4, -0.2) is 61.2 Å². The predicted octanol–water partition coefficient (Wildman–Crippen LogP) is 4.04. The summed E-state index contributed by atoms with van der Waals surface area (Å²) in [5.74, 6) is 0.717. The molecule has 29 heavy (non-hydrogen) atoms. The van der Waals surface area contributed by atoms with Crippen LogP contribution in [0, 0.1) is 16.7 Å². The van der Waals surface area contributed by atoms with E-state index in [0.717, 1.165) is 43.3 Å². The van der Waals surface area contributed by atoms with Gasteiger partial charge >= 0.3 is 0 Å². The van der Waals surface area contributed by atoms with Gasteiger partial charge in [-0.1, -0.05) is 49.7 Å². The predicted molar refractivity (Wildman–Crippen MR) is 119 cm³/mol. The molecule has 1 heterocycles. The minimum absolute atomic E-state index is 0.150. The zero-order valence-electron chi connectivity index (χ0n) is 17.9. The highest BCUT2D eigenvalue weighted by molar-refractivity contribution is 6.33. The van der Waals surface area contributed by atoms with E-state index in [1.165, 1.54) is 18.6 Å². The lowest BCUT2D eigenvalue weighted by atomic mass is 9.70. The summed E-state index contributed by atoms with van der Waals surface area (Å²) in [6.45, 7) is 11.6. The molecule has 0 amide bonds. The second kappa shape index (κ2) is 8.09. The van der Waals surface area contributed by atoms with Crippen molar-refractivity contribution in [3.05, 3.63) is 29.3 Å². The van der Waals surface area contributed by atoms with Gasteiger partial charge in [0.15, 0.2) is 0 Å². The molecule has 1 aromatic rings. The van der Waals surface area contributed by atoms with Gasteiger partial charge in [-0.2, -0.15) is 0 Å². The van der Waals surface area contributed by atoms with Crippen molar-refractivity contribution in [2.24, 2.45) is 21.9 Å². The molecule has 2 bridgehead atoms. The van der Waals surface area contributed by atoms with E-state index in [4.69, 9.17) is 16.4 Å². The summed E-state index contributed by atoms with van der Waals surface area (Å²) in [5, 5.41) is 15.7. The van der Waals surface area contributed by atoms with Crippen molar-refractivity contribution >= 4 is 23.0 Å². The average molecular weight is 420 g/mol. The molecule has 160 valence electrons. The van der Waals surface area contributed by atoms with Crippen molar-refractivity contribution in [3.63, 3.8) is 0 Å². The molecule has 1 unspecified atom stereocenters. The molecule has 6 heteroatoms. The Morgan fingerprint density at radius 1 is 1.21 bits per heavy atom. The molecule has 1 saturated heterocycles. The topological polar surface area (TPSA) is 48.3 Å². The number of aliphatic hydroxyl groups is 1. The Labute approximate surface area is 179 Å². The van der Waals surface area contributed by atoms with Crippen LogP contribution in [0.4, 0.5) is 5.69 Å². The van der Waals surface area contributed by atoms with Crippen LogP contribution >= 0.6 is 11.6 Å². The normalized spacial score (nSPS) is 31.4. The number of hydrogen-bond donors (Lipinski definition) is 1. The smallest absolute Gasteiger partial charge is 0.144 e. The van der Waals surface area contributed by atoms with Gasteiger partial charge in [-0.25, -0.2) is 0 Å². The van der Waals surface area contributed by atoms with Gasteiger partial charge < -0.3 is 14.8 Å². The molecule has 3 atom stereocenters. The number of β-amino-alcohol motifs (C(OH)–C–C–N with tert-alkyl or cyclic N) is 1. The van der Waals surface area contributed by atoms with Crippen LogP contribution < -0.4 is 4.90 Å². The molecule has 0 radical (unpaired) electrons. The maximum atomic E-state index is 10.4. The number of benzene rings is 1. The molecule has 5 nitrogen and oxygen atoms in total. The number of nitrogens with zero attached hydrogens (tertiary/aromatic N) is 3. The Balaban J connectivity index is 1.22. The Hall–Kier alpha value is -1.30. The van der Waals surface area contributed by atoms with Gasteiger partial charge in [0, 0.05) is 38.1 Å². The third-order valence-electron chi connectivity index (χ3n) is 7.99. The highest BCUT2D eigenvalue weighted by Crippen LogP contribution is 2.63. The molecule has 3 fully saturated rings. The van der Waals surface area contributed by atoms with E-state index in [9.17, 15) is 5.11 Å². The number of hydrogen-bond acceptors (Lipinski definition) is 5. The van der Waals surface area contributed by atoms with E-state index in [1.54, 1.807) is 0 Å². The van der Waals surface area contributed by atoms with Crippen molar-refractivity contribution in [1.82, 2.24) is 4.90 Å². The van der Waals surface area contributed by atoms with E-state index in [-0.39, 0.29) is 12.0 Å². The molecule has 1 N–H and O–H groups in total.